The SMILES string of the molecule is CC(C)(C)OC(=O)NCc1ccc(C=O)cc1.CCCCNN.CCCCn1cc2c(n1)c(=O)[nH]c1ccccc12.CCCCn1cc2c(n1)c(Cl)nc1ccccc12.CCCCn1cc2c(n1)c(N)nc1ccccc12.CCCCn1nc2c(N)nc3ccccc3c2c1C(O)c1ccc(CNC(=O)OC(C)(C)C)cc1.CCOC(=O)C(=O)c1c[nH]c2ccccc12.O=C(O)C(=O)O. The Balaban J connectivity index is 0.000000180. The number of aliphatic carboxylic acids is 2. The molecule has 1 unspecified atom stereocenters. The quantitative estimate of drug-likeness (QED) is 0.00291. The number of unbranched alkanes of at least 4 members (excludes halogenated alkanes) is 5. The number of aldehydes is 1. The Morgan fingerprint density at radius 3 is 1.41 bits per heavy atom. The minimum atomic E-state index is -1.82. The number of aliphatic hydroxyl groups is 1. The zero-order chi connectivity index (χ0) is 97.2. The second-order valence-corrected chi connectivity index (χ2v) is 33.4. The predicted molar refractivity (Wildman–Crippen MR) is 527 cm³/mol. The Morgan fingerprint density at radius 2 is 0.925 bits per heavy atom. The lowest BCUT2D eigenvalue weighted by atomic mass is 10.00. The van der Waals surface area contributed by atoms with E-state index in [1.54, 1.807) is 37.3 Å². The van der Waals surface area contributed by atoms with Gasteiger partial charge in [0.1, 0.15) is 40.1 Å². The molecule has 9 heterocycles. The van der Waals surface area contributed by atoms with Crippen molar-refractivity contribution in [1.29, 1.82) is 0 Å². The molecule has 0 aliphatic carbocycles. The van der Waals surface area contributed by atoms with Crippen molar-refractivity contribution >= 4 is 164 Å². The van der Waals surface area contributed by atoms with Gasteiger partial charge in [-0.3, -0.25) is 44.4 Å². The normalized spacial score (nSPS) is 11.2. The van der Waals surface area contributed by atoms with Crippen LogP contribution in [0.2, 0.25) is 5.15 Å². The summed E-state index contributed by atoms with van der Waals surface area (Å²) in [6.45, 7) is 28.6. The number of hydrogen-bond donors (Lipinski definition) is 11. The van der Waals surface area contributed by atoms with Crippen LogP contribution in [0.3, 0.4) is 0 Å². The number of nitrogens with zero attached hydrogens (tertiary/aromatic N) is 11. The van der Waals surface area contributed by atoms with Crippen LogP contribution in [0.25, 0.3) is 98.1 Å². The number of esters is 1. The number of anilines is 2. The van der Waals surface area contributed by atoms with Crippen molar-refractivity contribution in [3.63, 3.8) is 0 Å². The molecule has 16 rings (SSSR count). The molecule has 0 radical (unpaired) electrons. The molecule has 16 aromatic rings. The highest BCUT2D eigenvalue weighted by molar-refractivity contribution is 6.43. The molecule has 0 saturated heterocycles. The number of pyridine rings is 4. The van der Waals surface area contributed by atoms with Crippen LogP contribution >= 0.6 is 11.6 Å². The molecule has 0 spiro atoms. The molecular formula is C100H120ClN19O14. The standard InChI is InChI=1S/C27H33N5O3.C14H14ClN3.C14H16N4.C14H15N3O.C13H17NO3.C12H11NO3.C4H12N2.C2H2O4/c1-5-6-15-32-23(21-19-9-7-8-10-20(19)30-25(28)22(21)31-32)24(33)18-13-11-17(12-14-18)16-29-26(34)35-27(2,3)4;2*1-2-3-8-18-9-11-10-6-4-5-7-12(10)16-14(15)13(11)17-18;1-2-3-8-17-9-11-10-6-4-5-7-12(10)15-14(18)13(11)16-17;1-13(2,3)17-12(16)14-8-10-4-6-11(9-15)7-5-10;1-2-16-12(15)11(14)9-7-13-10-6-4-3-5-8(9)10;1-2-3-4-6-5;3-1(4)2(5)6/h7-14,24,33H,5-6,15-16H2,1-4H3,(H2,28,30)(H,29,34);4-7,9H,2-3,8H2,1H3;4-7,9H,2-3,8H2,1H3,(H2,15,16);4-7,9H,2-3,8H2,1H3,(H,15,18);4-7,9H,8H2,1-3H3,(H,14,16);3-7,13H,2H2,1H3;6H,2-5H2,1H3;(H,3,4)(H,5,6). The van der Waals surface area contributed by atoms with Crippen LogP contribution in [-0.4, -0.2) is 146 Å². The number of nitrogens with two attached hydrogens (primary N) is 3. The number of carboxylic acid groups (broad SMARTS) is 2. The molecule has 0 saturated carbocycles. The maximum atomic E-state index is 11.9. The number of para-hydroxylation sites is 5. The van der Waals surface area contributed by atoms with Gasteiger partial charge in [0.25, 0.3) is 11.3 Å². The third-order valence-corrected chi connectivity index (χ3v) is 20.6. The molecule has 7 aromatic carbocycles. The molecule has 1 atom stereocenters. The summed E-state index contributed by atoms with van der Waals surface area (Å²) < 4.78 is 22.7. The molecule has 9 aromatic heterocycles. The fourth-order valence-electron chi connectivity index (χ4n) is 13.8. The number of fused-ring (bicyclic) bond motifs is 13. The lowest BCUT2D eigenvalue weighted by Gasteiger charge is -2.19. The number of carbonyl (C=O) groups is 7. The van der Waals surface area contributed by atoms with Gasteiger partial charge in [0.05, 0.1) is 34.4 Å². The van der Waals surface area contributed by atoms with Crippen LogP contribution in [-0.2, 0) is 67.9 Å². The van der Waals surface area contributed by atoms with Crippen molar-refractivity contribution < 1.29 is 63.1 Å². The Kier molecular flexibility index (Phi) is 38.6. The molecule has 0 aliphatic heterocycles. The third-order valence-electron chi connectivity index (χ3n) is 20.3. The first-order valence-corrected chi connectivity index (χ1v) is 45.0. The summed E-state index contributed by atoms with van der Waals surface area (Å²) in [6, 6.07) is 53.5. The Labute approximate surface area is 780 Å². The number of rotatable bonds is 25. The number of aryl methyl sites for hydroxylation is 4. The molecule has 706 valence electrons. The predicted octanol–water partition coefficient (Wildman–Crippen LogP) is 18.6. The highest BCUT2D eigenvalue weighted by Gasteiger charge is 2.27. The number of aliphatic hydroxyl groups excluding tert-OH is 1. The van der Waals surface area contributed by atoms with Crippen LogP contribution in [0, 0.1) is 0 Å². The number of Topliss-reactive ketones (excluding diaryl/α,β-unsaturated/α-hetero) is 1. The van der Waals surface area contributed by atoms with Gasteiger partial charge >= 0.3 is 30.1 Å². The molecule has 2 amide bonds. The Morgan fingerprint density at radius 1 is 0.500 bits per heavy atom. The summed E-state index contributed by atoms with van der Waals surface area (Å²) in [7, 11) is 0. The van der Waals surface area contributed by atoms with Crippen LogP contribution < -0.4 is 38.9 Å². The van der Waals surface area contributed by atoms with Crippen LogP contribution in [0.4, 0.5) is 21.2 Å². The second-order valence-electron chi connectivity index (χ2n) is 33.1. The van der Waals surface area contributed by atoms with E-state index in [9.17, 15) is 33.9 Å². The number of ketones is 1. The van der Waals surface area contributed by atoms with E-state index in [4.69, 9.17) is 63.3 Å². The largest absolute Gasteiger partial charge is 0.473 e. The number of H-pyrrole nitrogens is 2. The van der Waals surface area contributed by atoms with Gasteiger partial charge in [-0.25, -0.2) is 38.9 Å². The summed E-state index contributed by atoms with van der Waals surface area (Å²) in [6.07, 6.45) is 17.7. The molecule has 0 fully saturated rings. The number of carbonyl (C=O) groups excluding carboxylic acids is 5. The highest BCUT2D eigenvalue weighted by atomic mass is 35.5. The summed E-state index contributed by atoms with van der Waals surface area (Å²) >= 11 is 6.20. The summed E-state index contributed by atoms with van der Waals surface area (Å²) in [5, 5.41) is 59.2. The first-order valence-electron chi connectivity index (χ1n) is 44.6. The third kappa shape index (κ3) is 29.2. The summed E-state index contributed by atoms with van der Waals surface area (Å²) in [4.78, 5) is 106. The van der Waals surface area contributed by atoms with E-state index in [-0.39, 0.29) is 12.2 Å². The second kappa shape index (κ2) is 50.2. The summed E-state index contributed by atoms with van der Waals surface area (Å²) in [5.41, 5.74) is 24.9. The molecule has 134 heavy (non-hydrogen) atoms. The number of halogens is 1. The van der Waals surface area contributed by atoms with Gasteiger partial charge in [-0.05, 0) is 128 Å². The van der Waals surface area contributed by atoms with Gasteiger partial charge in [-0.15, -0.1) is 0 Å². The lowest BCUT2D eigenvalue weighted by Crippen LogP contribution is -2.32. The fourth-order valence-corrected chi connectivity index (χ4v) is 14.0. The smallest absolute Gasteiger partial charge is 0.414 e. The van der Waals surface area contributed by atoms with E-state index in [0.29, 0.717) is 64.3 Å². The van der Waals surface area contributed by atoms with Crippen molar-refractivity contribution in [3.05, 3.63) is 244 Å². The molecule has 34 heteroatoms. The van der Waals surface area contributed by atoms with E-state index in [1.165, 1.54) is 19.0 Å². The number of hydrogen-bond acceptors (Lipinski definition) is 23. The average Bonchev–Trinajstić information content (AvgIpc) is 1.58. The van der Waals surface area contributed by atoms with Crippen molar-refractivity contribution in [2.75, 3.05) is 24.6 Å². The Hall–Kier alpha value is -14.5. The zero-order valence-electron chi connectivity index (χ0n) is 77.7. The average molecular weight is 1850 g/mol. The van der Waals surface area contributed by atoms with Gasteiger partial charge in [-0.2, -0.15) is 20.4 Å². The number of aromatic nitrogens is 13. The van der Waals surface area contributed by atoms with Crippen molar-refractivity contribution in [2.45, 2.75) is 204 Å². The number of benzene rings is 7. The first-order chi connectivity index (χ1) is 64.2. The molecular weight excluding hydrogens is 1730 g/mol. The molecule has 33 nitrogen and oxygen atoms in total. The van der Waals surface area contributed by atoms with Crippen molar-refractivity contribution in [2.24, 2.45) is 5.84 Å². The molecule has 0 aliphatic rings. The highest BCUT2D eigenvalue weighted by Crippen LogP contribution is 2.37. The van der Waals surface area contributed by atoms with E-state index in [2.05, 4.69) is 120 Å². The maximum Gasteiger partial charge on any atom is 0.414 e. The van der Waals surface area contributed by atoms with E-state index >= 15 is 0 Å². The van der Waals surface area contributed by atoms with Gasteiger partial charge in [0.2, 0.25) is 0 Å². The van der Waals surface area contributed by atoms with E-state index < -0.39 is 53.2 Å². The molecule has 14 N–H and O–H groups in total. The number of aromatic amines is 2. The Bertz CT molecular complexity index is 6570. The summed E-state index contributed by atoms with van der Waals surface area (Å²) in [5.74, 6) is 0.758. The van der Waals surface area contributed by atoms with Gasteiger partial charge in [0, 0.05) is 136 Å². The number of carboxylic acids is 2. The van der Waals surface area contributed by atoms with Gasteiger partial charge in [-0.1, -0.05) is 218 Å². The monoisotopic (exact) mass is 1850 g/mol. The van der Waals surface area contributed by atoms with Crippen molar-refractivity contribution in [3.8, 4) is 0 Å². The topological polar surface area (TPSA) is 481 Å². The minimum Gasteiger partial charge on any atom is -0.473 e. The molecule has 0 bridgehead atoms. The van der Waals surface area contributed by atoms with Crippen LogP contribution in [0.1, 0.15) is 196 Å². The van der Waals surface area contributed by atoms with Crippen LogP contribution in [0.5, 0.6) is 0 Å². The maximum absolute atomic E-state index is 11.9. The number of nitrogen functional groups attached to an aromatic ring is 2. The number of alkyl carbamates (subject to hydrolysis) is 2. The first kappa shape index (κ1) is 103. The van der Waals surface area contributed by atoms with Crippen molar-refractivity contribution in [1.82, 2.24) is 80.1 Å². The number of ether oxygens (including phenoxy) is 3. The van der Waals surface area contributed by atoms with Gasteiger partial charge in [0.15, 0.2) is 22.3 Å². The number of nitrogens with one attached hydrogen (secondary N) is 5. The zero-order valence-corrected chi connectivity index (χ0v) is 78.5. The van der Waals surface area contributed by atoms with Crippen LogP contribution in [0.15, 0.2) is 199 Å². The van der Waals surface area contributed by atoms with E-state index in [0.717, 1.165) is 188 Å². The number of hydrazine groups is 1. The van der Waals surface area contributed by atoms with E-state index in [1.807, 2.05) is 194 Å². The lowest BCUT2D eigenvalue weighted by molar-refractivity contribution is -0.159. The van der Waals surface area contributed by atoms with Gasteiger partial charge < -0.3 is 61.6 Å². The fraction of sp³-hybridized carbons (Fsp3) is 0.330. The minimum absolute atomic E-state index is 0.112. The number of amides is 2.